The van der Waals surface area contributed by atoms with Crippen molar-refractivity contribution in [1.29, 1.82) is 0 Å². The van der Waals surface area contributed by atoms with E-state index < -0.39 is 0 Å². The molecule has 0 amide bonds. The molecule has 1 aliphatic heterocycles. The molecule has 1 unspecified atom stereocenters. The van der Waals surface area contributed by atoms with Crippen molar-refractivity contribution in [2.75, 3.05) is 0 Å². The maximum absolute atomic E-state index is 3.50. The van der Waals surface area contributed by atoms with Crippen molar-refractivity contribution in [2.45, 2.75) is 25.8 Å². The van der Waals surface area contributed by atoms with Crippen molar-refractivity contribution >= 4 is 0 Å². The van der Waals surface area contributed by atoms with E-state index in [1.807, 2.05) is 0 Å². The Hall–Kier alpha value is -0.980. The van der Waals surface area contributed by atoms with E-state index in [0.29, 0.717) is 6.04 Å². The molecule has 58 valence electrons. The molecule has 2 rings (SSSR count). The maximum atomic E-state index is 3.50. The van der Waals surface area contributed by atoms with Gasteiger partial charge >= 0.3 is 0 Å². The molecule has 0 saturated heterocycles. The molecule has 1 N–H and O–H groups in total. The molecule has 1 atom stereocenters. The van der Waals surface area contributed by atoms with Crippen LogP contribution in [0.25, 0.3) is 0 Å². The minimum absolute atomic E-state index is 0.657. The molecular weight excluding hydrogens is 134 g/mol. The predicted octanol–water partition coefficient (Wildman–Crippen LogP) is 2.14. The van der Waals surface area contributed by atoms with Gasteiger partial charge in [-0.25, -0.2) is 0 Å². The number of hydrogen-bond donors (Lipinski definition) is 1. The second-order valence-electron chi connectivity index (χ2n) is 3.08. The largest absolute Gasteiger partial charge is 0.382 e. The second-order valence-corrected chi connectivity index (χ2v) is 3.08. The van der Waals surface area contributed by atoms with E-state index in [2.05, 4.69) is 36.5 Å². The third kappa shape index (κ3) is 1.11. The summed E-state index contributed by atoms with van der Waals surface area (Å²) in [6.07, 6.45) is 11.1. The molecule has 1 heteroatoms. The monoisotopic (exact) mass is 147 g/mol. The number of rotatable bonds is 1. The number of hydrogen-bond acceptors (Lipinski definition) is 1. The minimum Gasteiger partial charge on any atom is -0.382 e. The van der Waals surface area contributed by atoms with Crippen LogP contribution in [-0.4, -0.2) is 6.04 Å². The molecule has 1 heterocycles. The second kappa shape index (κ2) is 2.57. The Morgan fingerprint density at radius 1 is 1.64 bits per heavy atom. The zero-order chi connectivity index (χ0) is 7.68. The normalized spacial score (nSPS) is 27.2. The van der Waals surface area contributed by atoms with Gasteiger partial charge in [0.25, 0.3) is 0 Å². The highest BCUT2D eigenvalue weighted by atomic mass is 14.9. The molecular formula is C10H13N. The Kier molecular flexibility index (Phi) is 1.57. The molecule has 0 bridgehead atoms. The van der Waals surface area contributed by atoms with Gasteiger partial charge in [0.1, 0.15) is 0 Å². The van der Waals surface area contributed by atoms with E-state index in [9.17, 15) is 0 Å². The summed E-state index contributed by atoms with van der Waals surface area (Å²) >= 11 is 0. The van der Waals surface area contributed by atoms with Crippen LogP contribution in [0.2, 0.25) is 0 Å². The van der Waals surface area contributed by atoms with Crippen molar-refractivity contribution in [3.05, 3.63) is 35.6 Å². The van der Waals surface area contributed by atoms with Gasteiger partial charge in [-0.3, -0.25) is 0 Å². The van der Waals surface area contributed by atoms with Crippen molar-refractivity contribution in [3.8, 4) is 0 Å². The Morgan fingerprint density at radius 2 is 2.55 bits per heavy atom. The van der Waals surface area contributed by atoms with Gasteiger partial charge < -0.3 is 5.32 Å². The highest BCUT2D eigenvalue weighted by molar-refractivity contribution is 5.48. The molecule has 0 aromatic rings. The number of nitrogens with one attached hydrogen (secondary N) is 1. The average Bonchev–Trinajstić information content (AvgIpc) is 2.50. The SMILES string of the molecule is CCC1CC=C2C=CC=C2N1. The third-order valence-electron chi connectivity index (χ3n) is 2.32. The molecule has 0 spiro atoms. The van der Waals surface area contributed by atoms with E-state index >= 15 is 0 Å². The van der Waals surface area contributed by atoms with E-state index in [-0.39, 0.29) is 0 Å². The fourth-order valence-electron chi connectivity index (χ4n) is 1.56. The third-order valence-corrected chi connectivity index (χ3v) is 2.32. The van der Waals surface area contributed by atoms with Crippen LogP contribution in [-0.2, 0) is 0 Å². The van der Waals surface area contributed by atoms with Gasteiger partial charge in [0.2, 0.25) is 0 Å². The van der Waals surface area contributed by atoms with Crippen LogP contribution in [0.5, 0.6) is 0 Å². The highest BCUT2D eigenvalue weighted by Crippen LogP contribution is 2.22. The lowest BCUT2D eigenvalue weighted by Gasteiger charge is -2.23. The molecule has 0 saturated carbocycles. The van der Waals surface area contributed by atoms with Gasteiger partial charge in [0.05, 0.1) is 0 Å². The van der Waals surface area contributed by atoms with Crippen molar-refractivity contribution in [1.82, 2.24) is 5.32 Å². The zero-order valence-corrected chi connectivity index (χ0v) is 6.80. The molecule has 0 aromatic carbocycles. The summed E-state index contributed by atoms with van der Waals surface area (Å²) in [6, 6.07) is 0.657. The van der Waals surface area contributed by atoms with Gasteiger partial charge in [0, 0.05) is 11.7 Å². The van der Waals surface area contributed by atoms with E-state index in [0.717, 1.165) is 0 Å². The summed E-state index contributed by atoms with van der Waals surface area (Å²) in [5, 5.41) is 3.50. The van der Waals surface area contributed by atoms with Gasteiger partial charge in [-0.1, -0.05) is 25.2 Å². The van der Waals surface area contributed by atoms with Gasteiger partial charge in [-0.05, 0) is 24.5 Å². The zero-order valence-electron chi connectivity index (χ0n) is 6.80. The Bertz CT molecular complexity index is 246. The van der Waals surface area contributed by atoms with Crippen LogP contribution in [0.1, 0.15) is 19.8 Å². The van der Waals surface area contributed by atoms with Crippen LogP contribution >= 0.6 is 0 Å². The lowest BCUT2D eigenvalue weighted by atomic mass is 10.0. The summed E-state index contributed by atoms with van der Waals surface area (Å²) in [7, 11) is 0. The lowest BCUT2D eigenvalue weighted by Crippen LogP contribution is -2.30. The molecule has 0 fully saturated rings. The van der Waals surface area contributed by atoms with E-state index in [1.165, 1.54) is 24.1 Å². The summed E-state index contributed by atoms with van der Waals surface area (Å²) in [6.45, 7) is 2.22. The lowest BCUT2D eigenvalue weighted by molar-refractivity contribution is 0.545. The molecule has 2 aliphatic rings. The van der Waals surface area contributed by atoms with Crippen LogP contribution in [0.15, 0.2) is 35.6 Å². The van der Waals surface area contributed by atoms with E-state index in [1.54, 1.807) is 0 Å². The molecule has 0 aromatic heterocycles. The quantitative estimate of drug-likeness (QED) is 0.599. The first kappa shape index (κ1) is 6.71. The number of allylic oxidation sites excluding steroid dienone is 3. The fraction of sp³-hybridized carbons (Fsp3) is 0.400. The Labute approximate surface area is 67.5 Å². The smallest absolute Gasteiger partial charge is 0.0412 e. The Balaban J connectivity index is 2.18. The molecule has 1 aliphatic carbocycles. The summed E-state index contributed by atoms with van der Waals surface area (Å²) in [5.74, 6) is 0. The van der Waals surface area contributed by atoms with Crippen LogP contribution < -0.4 is 5.32 Å². The van der Waals surface area contributed by atoms with Crippen LogP contribution in [0.3, 0.4) is 0 Å². The predicted molar refractivity (Wildman–Crippen MR) is 47.1 cm³/mol. The topological polar surface area (TPSA) is 12.0 Å². The van der Waals surface area contributed by atoms with Crippen molar-refractivity contribution in [2.24, 2.45) is 0 Å². The van der Waals surface area contributed by atoms with Crippen molar-refractivity contribution < 1.29 is 0 Å². The minimum atomic E-state index is 0.657. The Morgan fingerprint density at radius 3 is 3.36 bits per heavy atom. The van der Waals surface area contributed by atoms with Crippen LogP contribution in [0, 0.1) is 0 Å². The standard InChI is InChI=1S/C10H13N/c1-2-9-7-6-8-4-3-5-10(8)11-9/h3-6,9,11H,2,7H2,1H3. The molecule has 0 radical (unpaired) electrons. The highest BCUT2D eigenvalue weighted by Gasteiger charge is 2.15. The van der Waals surface area contributed by atoms with Gasteiger partial charge in [-0.2, -0.15) is 0 Å². The maximum Gasteiger partial charge on any atom is 0.0412 e. The first-order valence-corrected chi connectivity index (χ1v) is 4.25. The van der Waals surface area contributed by atoms with E-state index in [4.69, 9.17) is 0 Å². The van der Waals surface area contributed by atoms with Crippen LogP contribution in [0.4, 0.5) is 0 Å². The number of fused-ring (bicyclic) bond motifs is 1. The molecule has 11 heavy (non-hydrogen) atoms. The average molecular weight is 147 g/mol. The fourth-order valence-corrected chi connectivity index (χ4v) is 1.56. The first-order valence-electron chi connectivity index (χ1n) is 4.25. The summed E-state index contributed by atoms with van der Waals surface area (Å²) in [4.78, 5) is 0. The summed E-state index contributed by atoms with van der Waals surface area (Å²) < 4.78 is 0. The van der Waals surface area contributed by atoms with Crippen molar-refractivity contribution in [3.63, 3.8) is 0 Å². The summed E-state index contributed by atoms with van der Waals surface area (Å²) in [5.41, 5.74) is 2.68. The van der Waals surface area contributed by atoms with Gasteiger partial charge in [0.15, 0.2) is 0 Å². The van der Waals surface area contributed by atoms with Gasteiger partial charge in [-0.15, -0.1) is 0 Å². The first-order chi connectivity index (χ1) is 5.40. The molecule has 1 nitrogen and oxygen atoms in total.